The summed E-state index contributed by atoms with van der Waals surface area (Å²) >= 11 is 6.25. The van der Waals surface area contributed by atoms with Crippen LogP contribution in [0.15, 0.2) is 65.6 Å². The number of nitrogens with one attached hydrogen (secondary N) is 3. The fraction of sp³-hybridized carbons (Fsp3) is 0.125. The summed E-state index contributed by atoms with van der Waals surface area (Å²) in [5.41, 5.74) is 1.64. The Morgan fingerprint density at radius 2 is 1.75 bits per heavy atom. The van der Waals surface area contributed by atoms with Crippen LogP contribution in [0.1, 0.15) is 43.6 Å². The molecule has 0 radical (unpaired) electrons. The van der Waals surface area contributed by atoms with Gasteiger partial charge in [-0.05, 0) is 55.0 Å². The molecular weight excluding hydrogens is 492 g/mol. The molecule has 0 aliphatic rings. The number of aromatic amines is 1. The summed E-state index contributed by atoms with van der Waals surface area (Å²) in [5.74, 6) is -3.95. The van der Waals surface area contributed by atoms with Crippen molar-refractivity contribution >= 4 is 35.3 Å². The van der Waals surface area contributed by atoms with E-state index in [0.29, 0.717) is 10.6 Å². The Kier molecular flexibility index (Phi) is 8.20. The number of rotatable bonds is 8. The van der Waals surface area contributed by atoms with E-state index in [-0.39, 0.29) is 28.4 Å². The standard InChI is InChI=1S/C24H21ClN4O7/c1-13(24(35)36)28-29(23(34)18-6-3-9-26-21(18)32)22(33)17-8-7-15(11-19(17)25)20(31)27-12-14-4-2-5-16(30)10-14/h2-11,13,28,30H,12H2,1H3,(H,26,32)(H,27,31)(H,35,36)/t13-/m0/s1. The maximum absolute atomic E-state index is 13.2. The molecule has 0 spiro atoms. The molecule has 1 atom stereocenters. The van der Waals surface area contributed by atoms with E-state index in [9.17, 15) is 34.2 Å². The first kappa shape index (κ1) is 26.1. The molecular formula is C24H21ClN4O7. The van der Waals surface area contributed by atoms with Gasteiger partial charge in [0.1, 0.15) is 17.4 Å². The van der Waals surface area contributed by atoms with E-state index in [4.69, 9.17) is 11.6 Å². The monoisotopic (exact) mass is 512 g/mol. The number of benzene rings is 2. The van der Waals surface area contributed by atoms with Crippen LogP contribution in [0.25, 0.3) is 0 Å². The quantitative estimate of drug-likeness (QED) is 0.225. The van der Waals surface area contributed by atoms with Crippen LogP contribution in [0.2, 0.25) is 5.02 Å². The predicted octanol–water partition coefficient (Wildman–Crippen LogP) is 1.92. The number of aromatic nitrogens is 1. The van der Waals surface area contributed by atoms with Gasteiger partial charge in [-0.3, -0.25) is 24.0 Å². The third-order valence-corrected chi connectivity index (χ3v) is 5.29. The summed E-state index contributed by atoms with van der Waals surface area (Å²) in [7, 11) is 0. The number of nitrogens with zero attached hydrogens (tertiary/aromatic N) is 1. The Morgan fingerprint density at radius 1 is 1.03 bits per heavy atom. The number of aliphatic carboxylic acids is 1. The van der Waals surface area contributed by atoms with Gasteiger partial charge in [-0.1, -0.05) is 23.7 Å². The Labute approximate surface area is 209 Å². The molecule has 3 aromatic rings. The van der Waals surface area contributed by atoms with Gasteiger partial charge >= 0.3 is 5.97 Å². The van der Waals surface area contributed by atoms with Crippen molar-refractivity contribution < 1.29 is 29.4 Å². The minimum Gasteiger partial charge on any atom is -0.508 e. The second-order valence-electron chi connectivity index (χ2n) is 7.59. The molecule has 12 heteroatoms. The third kappa shape index (κ3) is 6.14. The van der Waals surface area contributed by atoms with Crippen LogP contribution in [-0.4, -0.2) is 49.9 Å². The number of amides is 3. The fourth-order valence-corrected chi connectivity index (χ4v) is 3.33. The summed E-state index contributed by atoms with van der Waals surface area (Å²) in [5, 5.41) is 21.6. The molecule has 2 aromatic carbocycles. The molecule has 1 aromatic heterocycles. The summed E-state index contributed by atoms with van der Waals surface area (Å²) in [4.78, 5) is 64.4. The van der Waals surface area contributed by atoms with Gasteiger partial charge in [0.15, 0.2) is 0 Å². The number of phenols is 1. The summed E-state index contributed by atoms with van der Waals surface area (Å²) in [6, 6.07) is 11.2. The number of hydrazine groups is 1. The van der Waals surface area contributed by atoms with Gasteiger partial charge in [0.25, 0.3) is 23.3 Å². The van der Waals surface area contributed by atoms with E-state index in [1.807, 2.05) is 0 Å². The lowest BCUT2D eigenvalue weighted by Crippen LogP contribution is -2.53. The van der Waals surface area contributed by atoms with Crippen LogP contribution in [-0.2, 0) is 11.3 Å². The second-order valence-corrected chi connectivity index (χ2v) is 8.00. The minimum absolute atomic E-state index is 0.0510. The number of carbonyl (C=O) groups excluding carboxylic acids is 3. The average molecular weight is 513 g/mol. The van der Waals surface area contributed by atoms with Gasteiger partial charge in [-0.2, -0.15) is 0 Å². The molecule has 0 fully saturated rings. The summed E-state index contributed by atoms with van der Waals surface area (Å²) in [6.45, 7) is 1.32. The Morgan fingerprint density at radius 3 is 2.39 bits per heavy atom. The predicted molar refractivity (Wildman–Crippen MR) is 129 cm³/mol. The molecule has 36 heavy (non-hydrogen) atoms. The van der Waals surface area contributed by atoms with Crippen molar-refractivity contribution in [2.24, 2.45) is 0 Å². The zero-order valence-corrected chi connectivity index (χ0v) is 19.6. The van der Waals surface area contributed by atoms with Crippen LogP contribution >= 0.6 is 11.6 Å². The minimum atomic E-state index is -1.37. The molecule has 5 N–H and O–H groups in total. The zero-order chi connectivity index (χ0) is 26.4. The molecule has 3 amide bonds. The number of carboxylic acids is 1. The number of pyridine rings is 1. The number of phenolic OH excluding ortho intramolecular Hbond substituents is 1. The number of carbonyl (C=O) groups is 4. The molecule has 0 aliphatic carbocycles. The van der Waals surface area contributed by atoms with Crippen LogP contribution in [0.5, 0.6) is 5.75 Å². The average Bonchev–Trinajstić information content (AvgIpc) is 2.85. The fourth-order valence-electron chi connectivity index (χ4n) is 3.07. The first-order valence-corrected chi connectivity index (χ1v) is 10.9. The number of hydrogen-bond acceptors (Lipinski definition) is 7. The Hall–Kier alpha value is -4.48. The highest BCUT2D eigenvalue weighted by atomic mass is 35.5. The first-order valence-electron chi connectivity index (χ1n) is 10.5. The summed E-state index contributed by atoms with van der Waals surface area (Å²) in [6.07, 6.45) is 1.29. The largest absolute Gasteiger partial charge is 0.508 e. The maximum atomic E-state index is 13.2. The van der Waals surface area contributed by atoms with E-state index in [1.54, 1.807) is 12.1 Å². The SMILES string of the molecule is C[C@H](NN(C(=O)c1ccc(C(=O)NCc2cccc(O)c2)cc1Cl)C(=O)c1ccc[nH]c1=O)C(=O)O. The molecule has 186 valence electrons. The second kappa shape index (κ2) is 11.3. The van der Waals surface area contributed by atoms with E-state index in [2.05, 4.69) is 15.7 Å². The number of imide groups is 1. The molecule has 3 rings (SSSR count). The molecule has 0 saturated carbocycles. The number of halogens is 1. The van der Waals surface area contributed by atoms with Crippen molar-refractivity contribution in [3.8, 4) is 5.75 Å². The Balaban J connectivity index is 1.85. The van der Waals surface area contributed by atoms with E-state index in [1.165, 1.54) is 55.6 Å². The first-order chi connectivity index (χ1) is 17.1. The zero-order valence-electron chi connectivity index (χ0n) is 18.8. The number of hydrogen-bond donors (Lipinski definition) is 5. The van der Waals surface area contributed by atoms with Crippen molar-refractivity contribution in [3.05, 3.63) is 98.4 Å². The number of H-pyrrole nitrogens is 1. The molecule has 11 nitrogen and oxygen atoms in total. The van der Waals surface area contributed by atoms with Crippen molar-refractivity contribution in [2.75, 3.05) is 0 Å². The van der Waals surface area contributed by atoms with Gasteiger partial charge in [0.05, 0.1) is 10.6 Å². The van der Waals surface area contributed by atoms with Gasteiger partial charge in [0.2, 0.25) is 0 Å². The van der Waals surface area contributed by atoms with Crippen molar-refractivity contribution in [2.45, 2.75) is 19.5 Å². The molecule has 0 bridgehead atoms. The normalized spacial score (nSPS) is 11.4. The van der Waals surface area contributed by atoms with Crippen molar-refractivity contribution in [1.29, 1.82) is 0 Å². The maximum Gasteiger partial charge on any atom is 0.322 e. The highest BCUT2D eigenvalue weighted by molar-refractivity contribution is 6.34. The Bertz CT molecular complexity index is 1390. The highest BCUT2D eigenvalue weighted by Crippen LogP contribution is 2.21. The molecule has 0 aliphatic heterocycles. The molecule has 0 saturated heterocycles. The van der Waals surface area contributed by atoms with Crippen LogP contribution in [0, 0.1) is 0 Å². The van der Waals surface area contributed by atoms with Crippen LogP contribution < -0.4 is 16.3 Å². The molecule has 1 heterocycles. The van der Waals surface area contributed by atoms with E-state index in [0.717, 1.165) is 0 Å². The lowest BCUT2D eigenvalue weighted by Gasteiger charge is -2.24. The van der Waals surface area contributed by atoms with Gasteiger partial charge in [-0.25, -0.2) is 10.4 Å². The topological polar surface area (TPSA) is 169 Å². The van der Waals surface area contributed by atoms with Gasteiger partial charge < -0.3 is 20.5 Å². The van der Waals surface area contributed by atoms with Crippen LogP contribution in [0.3, 0.4) is 0 Å². The smallest absolute Gasteiger partial charge is 0.322 e. The van der Waals surface area contributed by atoms with Crippen molar-refractivity contribution in [3.63, 3.8) is 0 Å². The number of aromatic hydroxyl groups is 1. The lowest BCUT2D eigenvalue weighted by atomic mass is 10.1. The van der Waals surface area contributed by atoms with Crippen molar-refractivity contribution in [1.82, 2.24) is 20.7 Å². The highest BCUT2D eigenvalue weighted by Gasteiger charge is 2.30. The van der Waals surface area contributed by atoms with E-state index < -0.39 is 40.9 Å². The number of carboxylic acid groups (broad SMARTS) is 1. The van der Waals surface area contributed by atoms with Crippen LogP contribution in [0.4, 0.5) is 0 Å². The molecule has 0 unspecified atom stereocenters. The van der Waals surface area contributed by atoms with Gasteiger partial charge in [0, 0.05) is 18.3 Å². The third-order valence-electron chi connectivity index (χ3n) is 4.97. The lowest BCUT2D eigenvalue weighted by molar-refractivity contribution is -0.139. The van der Waals surface area contributed by atoms with E-state index >= 15 is 0 Å². The van der Waals surface area contributed by atoms with Gasteiger partial charge in [-0.15, -0.1) is 0 Å². The summed E-state index contributed by atoms with van der Waals surface area (Å²) < 4.78 is 0.